The van der Waals surface area contributed by atoms with Crippen LogP contribution in [0.1, 0.15) is 26.3 Å². The lowest BCUT2D eigenvalue weighted by Crippen LogP contribution is -2.02. The third-order valence-corrected chi connectivity index (χ3v) is 6.74. The summed E-state index contributed by atoms with van der Waals surface area (Å²) in [6.07, 6.45) is 0. The van der Waals surface area contributed by atoms with Crippen molar-refractivity contribution in [2.75, 3.05) is 13.8 Å². The normalized spacial score (nSPS) is 24.8. The molecular formula is C14H20OP+. The van der Waals surface area contributed by atoms with Crippen molar-refractivity contribution < 1.29 is 4.52 Å². The van der Waals surface area contributed by atoms with E-state index in [2.05, 4.69) is 57.8 Å². The Morgan fingerprint density at radius 2 is 1.62 bits per heavy atom. The van der Waals surface area contributed by atoms with E-state index in [9.17, 15) is 0 Å². The molecule has 0 aliphatic carbocycles. The first kappa shape index (κ1) is 11.8. The second-order valence-electron chi connectivity index (χ2n) is 5.42. The van der Waals surface area contributed by atoms with E-state index in [1.165, 1.54) is 16.2 Å². The highest BCUT2D eigenvalue weighted by atomic mass is 31.2. The standard InChI is InChI=1S/C14H20OP/c1-14(2,3)13-12(16(13,5)15-4)11-9-7-6-8-10-11/h6-10H,1-5H3/q+1. The van der Waals surface area contributed by atoms with Crippen molar-refractivity contribution in [3.63, 3.8) is 0 Å². The molecule has 1 aliphatic heterocycles. The Kier molecular flexibility index (Phi) is 2.72. The van der Waals surface area contributed by atoms with Gasteiger partial charge in [-0.3, -0.25) is 0 Å². The lowest BCUT2D eigenvalue weighted by molar-refractivity contribution is 0.454. The van der Waals surface area contributed by atoms with Gasteiger partial charge in [0, 0.05) is 11.0 Å². The molecule has 0 radical (unpaired) electrons. The van der Waals surface area contributed by atoms with Gasteiger partial charge in [0.2, 0.25) is 7.49 Å². The first-order chi connectivity index (χ1) is 7.41. The molecule has 1 nitrogen and oxygen atoms in total. The average Bonchev–Trinajstić information content (AvgIpc) is 2.87. The molecule has 1 atom stereocenters. The van der Waals surface area contributed by atoms with Gasteiger partial charge in [-0.25, -0.2) is 4.52 Å². The van der Waals surface area contributed by atoms with Gasteiger partial charge in [-0.2, -0.15) is 0 Å². The van der Waals surface area contributed by atoms with Crippen molar-refractivity contribution in [2.45, 2.75) is 20.8 Å². The van der Waals surface area contributed by atoms with Crippen LogP contribution in [0, 0.1) is 5.41 Å². The molecule has 1 heterocycles. The Morgan fingerprint density at radius 1 is 1.06 bits per heavy atom. The first-order valence-electron chi connectivity index (χ1n) is 5.65. The van der Waals surface area contributed by atoms with Gasteiger partial charge in [-0.1, -0.05) is 51.1 Å². The van der Waals surface area contributed by atoms with Crippen LogP contribution in [0.4, 0.5) is 0 Å². The monoisotopic (exact) mass is 235 g/mol. The zero-order valence-corrected chi connectivity index (χ0v) is 11.6. The molecule has 1 aromatic rings. The molecule has 0 spiro atoms. The molecular weight excluding hydrogens is 215 g/mol. The van der Waals surface area contributed by atoms with Gasteiger partial charge >= 0.3 is 0 Å². The van der Waals surface area contributed by atoms with Gasteiger partial charge in [0.15, 0.2) is 10.6 Å². The number of rotatable bonds is 2. The average molecular weight is 235 g/mol. The number of hydrogen-bond acceptors (Lipinski definition) is 1. The quantitative estimate of drug-likeness (QED) is 0.679. The van der Waals surface area contributed by atoms with E-state index in [1.54, 1.807) is 0 Å². The minimum atomic E-state index is -1.38. The molecule has 0 N–H and O–H groups in total. The zero-order chi connectivity index (χ0) is 12.0. The molecule has 0 aromatic heterocycles. The molecule has 0 saturated heterocycles. The second-order valence-corrected chi connectivity index (χ2v) is 8.53. The fraction of sp³-hybridized carbons (Fsp3) is 0.429. The smallest absolute Gasteiger partial charge is 0.211 e. The van der Waals surface area contributed by atoms with Crippen LogP contribution in [-0.4, -0.2) is 13.8 Å². The van der Waals surface area contributed by atoms with Gasteiger partial charge < -0.3 is 0 Å². The molecule has 16 heavy (non-hydrogen) atoms. The van der Waals surface area contributed by atoms with Crippen LogP contribution >= 0.6 is 7.49 Å². The number of benzene rings is 1. The van der Waals surface area contributed by atoms with Crippen LogP contribution in [0.2, 0.25) is 0 Å². The van der Waals surface area contributed by atoms with E-state index in [0.29, 0.717) is 0 Å². The lowest BCUT2D eigenvalue weighted by atomic mass is 9.95. The molecule has 1 aliphatic rings. The van der Waals surface area contributed by atoms with E-state index in [1.807, 2.05) is 7.11 Å². The van der Waals surface area contributed by atoms with Crippen LogP contribution in [0.5, 0.6) is 0 Å². The summed E-state index contributed by atoms with van der Waals surface area (Å²) < 4.78 is 5.79. The van der Waals surface area contributed by atoms with Crippen LogP contribution in [0.25, 0.3) is 5.31 Å². The van der Waals surface area contributed by atoms with Crippen molar-refractivity contribution in [3.05, 3.63) is 41.2 Å². The Balaban J connectivity index is 2.44. The Bertz CT molecular complexity index is 428. The molecule has 1 unspecified atom stereocenters. The molecule has 0 amide bonds. The van der Waals surface area contributed by atoms with Crippen molar-refractivity contribution in [2.24, 2.45) is 5.41 Å². The summed E-state index contributed by atoms with van der Waals surface area (Å²) in [5.41, 5.74) is 1.56. The summed E-state index contributed by atoms with van der Waals surface area (Å²) in [7, 11) is 0.466. The Morgan fingerprint density at radius 3 is 2.00 bits per heavy atom. The van der Waals surface area contributed by atoms with Gasteiger partial charge in [-0.15, -0.1) is 0 Å². The maximum atomic E-state index is 5.79. The summed E-state index contributed by atoms with van der Waals surface area (Å²) in [4.78, 5) is 0. The SMILES string of the molecule is CO[P+]1(C)C(c2ccccc2)=C1C(C)(C)C. The van der Waals surface area contributed by atoms with Crippen LogP contribution < -0.4 is 0 Å². The van der Waals surface area contributed by atoms with E-state index < -0.39 is 7.49 Å². The molecule has 0 fully saturated rings. The van der Waals surface area contributed by atoms with Gasteiger partial charge in [0.25, 0.3) is 0 Å². The van der Waals surface area contributed by atoms with Crippen LogP contribution in [0.15, 0.2) is 35.6 Å². The van der Waals surface area contributed by atoms with Gasteiger partial charge in [0.05, 0.1) is 13.8 Å². The zero-order valence-electron chi connectivity index (χ0n) is 10.7. The maximum absolute atomic E-state index is 5.79. The predicted molar refractivity (Wildman–Crippen MR) is 72.7 cm³/mol. The molecule has 0 bridgehead atoms. The van der Waals surface area contributed by atoms with Crippen LogP contribution in [-0.2, 0) is 4.52 Å². The summed E-state index contributed by atoms with van der Waals surface area (Å²) in [5.74, 6) is 0. The molecule has 2 rings (SSSR count). The summed E-state index contributed by atoms with van der Waals surface area (Å²) in [6, 6.07) is 10.6. The highest BCUT2D eigenvalue weighted by Gasteiger charge is 2.66. The fourth-order valence-corrected chi connectivity index (χ4v) is 6.27. The van der Waals surface area contributed by atoms with Crippen molar-refractivity contribution in [1.82, 2.24) is 0 Å². The minimum Gasteiger partial charge on any atom is -0.231 e. The van der Waals surface area contributed by atoms with E-state index >= 15 is 0 Å². The van der Waals surface area contributed by atoms with E-state index in [4.69, 9.17) is 4.52 Å². The topological polar surface area (TPSA) is 9.23 Å². The number of allylic oxidation sites excluding steroid dienone is 1. The largest absolute Gasteiger partial charge is 0.231 e. The fourth-order valence-electron chi connectivity index (χ4n) is 2.47. The van der Waals surface area contributed by atoms with Gasteiger partial charge in [0.1, 0.15) is 0 Å². The number of hydrogen-bond donors (Lipinski definition) is 0. The molecule has 2 heteroatoms. The molecule has 0 saturated carbocycles. The highest BCUT2D eigenvalue weighted by molar-refractivity contribution is 7.92. The van der Waals surface area contributed by atoms with E-state index in [0.717, 1.165) is 0 Å². The third-order valence-electron chi connectivity index (χ3n) is 3.15. The third kappa shape index (κ3) is 1.73. The molecule has 1 aromatic carbocycles. The maximum Gasteiger partial charge on any atom is 0.211 e. The van der Waals surface area contributed by atoms with Gasteiger partial charge in [-0.05, 0) is 0 Å². The first-order valence-corrected chi connectivity index (χ1v) is 7.80. The van der Waals surface area contributed by atoms with Crippen molar-refractivity contribution >= 4 is 12.8 Å². The Hall–Kier alpha value is -0.650. The van der Waals surface area contributed by atoms with Crippen LogP contribution in [0.3, 0.4) is 0 Å². The molecule has 86 valence electrons. The predicted octanol–water partition coefficient (Wildman–Crippen LogP) is 4.62. The van der Waals surface area contributed by atoms with E-state index in [-0.39, 0.29) is 5.41 Å². The summed E-state index contributed by atoms with van der Waals surface area (Å²) in [6.45, 7) is 9.09. The van der Waals surface area contributed by atoms with Crippen molar-refractivity contribution in [3.8, 4) is 0 Å². The Labute approximate surface area is 98.9 Å². The summed E-state index contributed by atoms with van der Waals surface area (Å²) in [5, 5.41) is 3.01. The lowest BCUT2D eigenvalue weighted by Gasteiger charge is -2.12. The second kappa shape index (κ2) is 3.68. The van der Waals surface area contributed by atoms with Crippen molar-refractivity contribution in [1.29, 1.82) is 0 Å². The highest BCUT2D eigenvalue weighted by Crippen LogP contribution is 2.91. The minimum absolute atomic E-state index is 0.226. The summed E-state index contributed by atoms with van der Waals surface area (Å²) >= 11 is 0.